The zero-order valence-electron chi connectivity index (χ0n) is 11.4. The van der Waals surface area contributed by atoms with Crippen molar-refractivity contribution in [3.63, 3.8) is 0 Å². The quantitative estimate of drug-likeness (QED) is 0.878. The molecule has 2 rings (SSSR count). The largest absolute Gasteiger partial charge is 0.391 e. The van der Waals surface area contributed by atoms with Gasteiger partial charge >= 0.3 is 0 Å². The van der Waals surface area contributed by atoms with Crippen molar-refractivity contribution in [1.82, 2.24) is 4.72 Å². The molecule has 1 saturated carbocycles. The highest BCUT2D eigenvalue weighted by Gasteiger charge is 2.31. The molecule has 1 aliphatic rings. The lowest BCUT2D eigenvalue weighted by Crippen LogP contribution is -2.34. The van der Waals surface area contributed by atoms with Crippen LogP contribution in [0, 0.1) is 12.3 Å². The lowest BCUT2D eigenvalue weighted by Gasteiger charge is -2.23. The number of sulfonamides is 1. The SMILES string of the molecule is Cc1sc(CO)cc1S(=O)(=O)NCC1(C)CCCC1. The van der Waals surface area contributed by atoms with Crippen LogP contribution in [0.5, 0.6) is 0 Å². The highest BCUT2D eigenvalue weighted by Crippen LogP contribution is 2.37. The Morgan fingerprint density at radius 2 is 2.05 bits per heavy atom. The zero-order valence-corrected chi connectivity index (χ0v) is 13.0. The van der Waals surface area contributed by atoms with Gasteiger partial charge in [0.2, 0.25) is 10.0 Å². The van der Waals surface area contributed by atoms with Crippen LogP contribution in [0.2, 0.25) is 0 Å². The van der Waals surface area contributed by atoms with E-state index in [1.54, 1.807) is 13.0 Å². The Kier molecular flexibility index (Phi) is 4.35. The average Bonchev–Trinajstić information content (AvgIpc) is 2.94. The second-order valence-corrected chi connectivity index (χ2v) is 8.71. The fourth-order valence-corrected chi connectivity index (χ4v) is 5.31. The van der Waals surface area contributed by atoms with E-state index in [1.165, 1.54) is 24.2 Å². The molecule has 1 aromatic rings. The maximum Gasteiger partial charge on any atom is 0.241 e. The van der Waals surface area contributed by atoms with Gasteiger partial charge in [0, 0.05) is 16.3 Å². The fourth-order valence-electron chi connectivity index (χ4n) is 2.62. The summed E-state index contributed by atoms with van der Waals surface area (Å²) in [6.07, 6.45) is 4.54. The number of aryl methyl sites for hydroxylation is 1. The summed E-state index contributed by atoms with van der Waals surface area (Å²) in [4.78, 5) is 1.72. The Morgan fingerprint density at radius 1 is 1.42 bits per heavy atom. The number of aliphatic hydroxyl groups excluding tert-OH is 1. The van der Waals surface area contributed by atoms with Crippen LogP contribution in [-0.2, 0) is 16.6 Å². The number of rotatable bonds is 5. The van der Waals surface area contributed by atoms with E-state index in [-0.39, 0.29) is 12.0 Å². The lowest BCUT2D eigenvalue weighted by molar-refractivity contribution is 0.285. The van der Waals surface area contributed by atoms with Gasteiger partial charge < -0.3 is 5.11 Å². The van der Waals surface area contributed by atoms with Gasteiger partial charge in [-0.1, -0.05) is 19.8 Å². The average molecular weight is 303 g/mol. The van der Waals surface area contributed by atoms with Crippen molar-refractivity contribution in [3.05, 3.63) is 15.8 Å². The molecule has 1 aliphatic carbocycles. The predicted molar refractivity (Wildman–Crippen MR) is 76.7 cm³/mol. The van der Waals surface area contributed by atoms with Crippen molar-refractivity contribution in [2.75, 3.05) is 6.54 Å². The molecule has 0 saturated heterocycles. The van der Waals surface area contributed by atoms with E-state index in [0.29, 0.717) is 16.3 Å². The smallest absolute Gasteiger partial charge is 0.241 e. The van der Waals surface area contributed by atoms with Crippen molar-refractivity contribution < 1.29 is 13.5 Å². The topological polar surface area (TPSA) is 66.4 Å². The van der Waals surface area contributed by atoms with Gasteiger partial charge in [0.05, 0.1) is 11.5 Å². The zero-order chi connectivity index (χ0) is 14.1. The molecule has 0 amide bonds. The van der Waals surface area contributed by atoms with Gasteiger partial charge in [-0.15, -0.1) is 11.3 Å². The van der Waals surface area contributed by atoms with Crippen LogP contribution < -0.4 is 4.72 Å². The first-order valence-corrected chi connectivity index (χ1v) is 8.86. The Balaban J connectivity index is 2.11. The van der Waals surface area contributed by atoms with Gasteiger partial charge in [0.25, 0.3) is 0 Å². The molecule has 108 valence electrons. The molecular formula is C13H21NO3S2. The van der Waals surface area contributed by atoms with E-state index in [2.05, 4.69) is 11.6 Å². The molecule has 19 heavy (non-hydrogen) atoms. The molecule has 1 fully saturated rings. The van der Waals surface area contributed by atoms with Crippen LogP contribution in [0.15, 0.2) is 11.0 Å². The van der Waals surface area contributed by atoms with E-state index in [4.69, 9.17) is 5.11 Å². The van der Waals surface area contributed by atoms with Crippen LogP contribution in [-0.4, -0.2) is 20.1 Å². The lowest BCUT2D eigenvalue weighted by atomic mass is 9.89. The predicted octanol–water partition coefficient (Wildman–Crippen LogP) is 2.41. The van der Waals surface area contributed by atoms with Crippen LogP contribution in [0.4, 0.5) is 0 Å². The molecule has 0 aromatic carbocycles. The number of hydrogen-bond acceptors (Lipinski definition) is 4. The van der Waals surface area contributed by atoms with Crippen LogP contribution >= 0.6 is 11.3 Å². The van der Waals surface area contributed by atoms with Gasteiger partial charge in [-0.3, -0.25) is 0 Å². The number of hydrogen-bond donors (Lipinski definition) is 2. The summed E-state index contributed by atoms with van der Waals surface area (Å²) >= 11 is 1.33. The summed E-state index contributed by atoms with van der Waals surface area (Å²) in [6.45, 7) is 4.30. The van der Waals surface area contributed by atoms with Crippen molar-refractivity contribution in [2.45, 2.75) is 51.0 Å². The molecule has 4 nitrogen and oxygen atoms in total. The molecule has 0 unspecified atom stereocenters. The second-order valence-electron chi connectivity index (χ2n) is 5.63. The minimum atomic E-state index is -3.46. The summed E-state index contributed by atoms with van der Waals surface area (Å²) in [5.41, 5.74) is 0.0941. The third-order valence-corrected chi connectivity index (χ3v) is 6.56. The van der Waals surface area contributed by atoms with E-state index in [0.717, 1.165) is 17.7 Å². The number of nitrogens with one attached hydrogen (secondary N) is 1. The van der Waals surface area contributed by atoms with Gasteiger partial charge in [-0.25, -0.2) is 13.1 Å². The molecule has 2 N–H and O–H groups in total. The minimum absolute atomic E-state index is 0.0941. The van der Waals surface area contributed by atoms with E-state index < -0.39 is 10.0 Å². The Bertz CT molecular complexity index is 542. The first-order valence-electron chi connectivity index (χ1n) is 6.56. The molecular weight excluding hydrogens is 282 g/mol. The Morgan fingerprint density at radius 3 is 2.58 bits per heavy atom. The Labute approximate surface area is 118 Å². The normalized spacial score (nSPS) is 18.9. The number of thiophene rings is 1. The van der Waals surface area contributed by atoms with E-state index in [1.807, 2.05) is 0 Å². The van der Waals surface area contributed by atoms with Crippen molar-refractivity contribution in [1.29, 1.82) is 0 Å². The van der Waals surface area contributed by atoms with Gasteiger partial charge in [0.1, 0.15) is 0 Å². The minimum Gasteiger partial charge on any atom is -0.391 e. The summed E-state index contributed by atoms with van der Waals surface area (Å²) in [5.74, 6) is 0. The van der Waals surface area contributed by atoms with E-state index in [9.17, 15) is 8.42 Å². The maximum atomic E-state index is 12.3. The molecule has 1 heterocycles. The summed E-state index contributed by atoms with van der Waals surface area (Å²) in [7, 11) is -3.46. The van der Waals surface area contributed by atoms with Crippen molar-refractivity contribution >= 4 is 21.4 Å². The molecule has 1 aromatic heterocycles. The molecule has 6 heteroatoms. The van der Waals surface area contributed by atoms with Crippen molar-refractivity contribution in [2.24, 2.45) is 5.41 Å². The first kappa shape index (κ1) is 15.0. The molecule has 0 bridgehead atoms. The molecule has 0 spiro atoms. The molecule has 0 aliphatic heterocycles. The molecule has 0 atom stereocenters. The summed E-state index contributed by atoms with van der Waals surface area (Å²) in [5, 5.41) is 9.08. The Hall–Kier alpha value is -0.430. The van der Waals surface area contributed by atoms with Crippen LogP contribution in [0.1, 0.15) is 42.4 Å². The summed E-state index contributed by atoms with van der Waals surface area (Å²) < 4.78 is 27.3. The monoisotopic (exact) mass is 303 g/mol. The standard InChI is InChI=1S/C13H21NO3S2/c1-10-12(7-11(8-15)18-10)19(16,17)14-9-13(2)5-3-4-6-13/h7,14-15H,3-6,8-9H2,1-2H3. The highest BCUT2D eigenvalue weighted by atomic mass is 32.2. The summed E-state index contributed by atoms with van der Waals surface area (Å²) in [6, 6.07) is 1.57. The van der Waals surface area contributed by atoms with Crippen LogP contribution in [0.25, 0.3) is 0 Å². The van der Waals surface area contributed by atoms with E-state index >= 15 is 0 Å². The number of aliphatic hydroxyl groups is 1. The third-order valence-electron chi connectivity index (χ3n) is 3.87. The van der Waals surface area contributed by atoms with Gasteiger partial charge in [-0.2, -0.15) is 0 Å². The third kappa shape index (κ3) is 3.37. The van der Waals surface area contributed by atoms with Gasteiger partial charge in [0.15, 0.2) is 0 Å². The maximum absolute atomic E-state index is 12.3. The second kappa shape index (κ2) is 5.52. The van der Waals surface area contributed by atoms with Crippen molar-refractivity contribution in [3.8, 4) is 0 Å². The van der Waals surface area contributed by atoms with Crippen LogP contribution in [0.3, 0.4) is 0 Å². The first-order chi connectivity index (χ1) is 8.86. The van der Waals surface area contributed by atoms with Gasteiger partial charge in [-0.05, 0) is 31.2 Å². The highest BCUT2D eigenvalue weighted by molar-refractivity contribution is 7.89. The molecule has 0 radical (unpaired) electrons. The fraction of sp³-hybridized carbons (Fsp3) is 0.692.